The highest BCUT2D eigenvalue weighted by molar-refractivity contribution is 6.32. The van der Waals surface area contributed by atoms with Crippen molar-refractivity contribution in [2.24, 2.45) is 0 Å². The number of carboxylic acids is 1. The van der Waals surface area contributed by atoms with Crippen LogP contribution in [0.15, 0.2) is 18.2 Å². The van der Waals surface area contributed by atoms with E-state index in [0.29, 0.717) is 0 Å². The van der Waals surface area contributed by atoms with Crippen LogP contribution in [0.3, 0.4) is 0 Å². The Morgan fingerprint density at radius 1 is 1.48 bits per heavy atom. The molecule has 0 saturated heterocycles. The molecule has 1 atom stereocenters. The van der Waals surface area contributed by atoms with Gasteiger partial charge in [0.05, 0.1) is 11.5 Å². The van der Waals surface area contributed by atoms with E-state index in [9.17, 15) is 24.8 Å². The summed E-state index contributed by atoms with van der Waals surface area (Å²) in [6.45, 7) is 0.479. The smallest absolute Gasteiger partial charge is 0.337 e. The summed E-state index contributed by atoms with van der Waals surface area (Å²) in [6.07, 6.45) is 0. The van der Waals surface area contributed by atoms with Gasteiger partial charge < -0.3 is 20.8 Å². The Kier molecular flexibility index (Phi) is 5.06. The lowest BCUT2D eigenvalue weighted by Gasteiger charge is -2.18. The van der Waals surface area contributed by atoms with Crippen molar-refractivity contribution in [3.05, 3.63) is 33.3 Å². The van der Waals surface area contributed by atoms with Gasteiger partial charge in [0.25, 0.3) is 5.69 Å². The average molecular weight is 318 g/mol. The Balaban J connectivity index is 2.70. The van der Waals surface area contributed by atoms with E-state index < -0.39 is 29.1 Å². The van der Waals surface area contributed by atoms with Crippen LogP contribution in [0.4, 0.5) is 16.2 Å². The second-order valence-corrected chi connectivity index (χ2v) is 4.72. The molecule has 0 heterocycles. The molecule has 0 radical (unpaired) electrons. The van der Waals surface area contributed by atoms with Crippen molar-refractivity contribution in [2.75, 3.05) is 11.9 Å². The number of carbonyl (C=O) groups excluding carboxylic acids is 1. The Labute approximate surface area is 123 Å². The lowest BCUT2D eigenvalue weighted by Crippen LogP contribution is -2.47. The highest BCUT2D eigenvalue weighted by Crippen LogP contribution is 2.27. The van der Waals surface area contributed by atoms with Gasteiger partial charge in [-0.25, -0.2) is 9.59 Å². The van der Waals surface area contributed by atoms with Crippen molar-refractivity contribution in [1.29, 1.82) is 0 Å². The van der Waals surface area contributed by atoms with Gasteiger partial charge in [-0.15, -0.1) is 0 Å². The first kappa shape index (κ1) is 16.7. The molecular weight excluding hydrogens is 306 g/mol. The van der Waals surface area contributed by atoms with Crippen molar-refractivity contribution in [2.45, 2.75) is 12.5 Å². The van der Waals surface area contributed by atoms with Gasteiger partial charge in [-0.05, 0) is 19.1 Å². The van der Waals surface area contributed by atoms with Crippen LogP contribution in [0.2, 0.25) is 5.02 Å². The number of nitro benzene ring substituents is 1. The van der Waals surface area contributed by atoms with Crippen LogP contribution in [-0.4, -0.2) is 39.3 Å². The summed E-state index contributed by atoms with van der Waals surface area (Å²) in [5, 5.41) is 33.1. The van der Waals surface area contributed by atoms with Crippen LogP contribution in [0, 0.1) is 10.1 Å². The van der Waals surface area contributed by atoms with Crippen LogP contribution in [0.1, 0.15) is 6.92 Å². The Morgan fingerprint density at radius 2 is 2.10 bits per heavy atom. The molecule has 9 nitrogen and oxygen atoms in total. The van der Waals surface area contributed by atoms with E-state index in [1.165, 1.54) is 12.1 Å². The van der Waals surface area contributed by atoms with Crippen LogP contribution in [0.5, 0.6) is 0 Å². The molecule has 1 unspecified atom stereocenters. The molecule has 114 valence electrons. The number of aliphatic carboxylic acids is 1. The summed E-state index contributed by atoms with van der Waals surface area (Å²) in [4.78, 5) is 32.1. The summed E-state index contributed by atoms with van der Waals surface area (Å²) in [5.74, 6) is -1.50. The van der Waals surface area contributed by atoms with Gasteiger partial charge in [-0.3, -0.25) is 10.1 Å². The van der Waals surface area contributed by atoms with E-state index in [0.717, 1.165) is 13.0 Å². The van der Waals surface area contributed by atoms with Gasteiger partial charge in [-0.1, -0.05) is 11.6 Å². The second kappa shape index (κ2) is 6.37. The molecule has 21 heavy (non-hydrogen) atoms. The number of nitro groups is 1. The maximum atomic E-state index is 11.5. The maximum Gasteiger partial charge on any atom is 0.337 e. The summed E-state index contributed by atoms with van der Waals surface area (Å²) >= 11 is 5.62. The van der Waals surface area contributed by atoms with Gasteiger partial charge in [0.15, 0.2) is 5.60 Å². The predicted octanol–water partition coefficient (Wildman–Crippen LogP) is 1.21. The maximum absolute atomic E-state index is 11.5. The molecule has 4 N–H and O–H groups in total. The van der Waals surface area contributed by atoms with E-state index in [4.69, 9.17) is 16.7 Å². The number of carbonyl (C=O) groups is 2. The summed E-state index contributed by atoms with van der Waals surface area (Å²) < 4.78 is 0. The van der Waals surface area contributed by atoms with Crippen molar-refractivity contribution >= 4 is 35.0 Å². The molecule has 0 aliphatic carbocycles. The highest BCUT2D eigenvalue weighted by atomic mass is 35.5. The minimum Gasteiger partial charge on any atom is -0.479 e. The monoisotopic (exact) mass is 317 g/mol. The first-order valence-electron chi connectivity index (χ1n) is 5.58. The van der Waals surface area contributed by atoms with Crippen LogP contribution >= 0.6 is 11.6 Å². The second-order valence-electron chi connectivity index (χ2n) is 4.31. The van der Waals surface area contributed by atoms with Gasteiger partial charge in [0.2, 0.25) is 0 Å². The Hall–Kier alpha value is -2.39. The minimum atomic E-state index is -2.12. The van der Waals surface area contributed by atoms with Gasteiger partial charge in [0, 0.05) is 11.8 Å². The van der Waals surface area contributed by atoms with Gasteiger partial charge in [-0.2, -0.15) is 0 Å². The van der Waals surface area contributed by atoms with Crippen LogP contribution in [0.25, 0.3) is 0 Å². The molecule has 1 rings (SSSR count). The standard InChI is InChI=1S/C11H12ClN3O6/c1-11(19,9(16)17)5-13-10(18)14-6-2-3-7(12)8(4-6)15(20)21/h2-4,19H,5H2,1H3,(H,16,17)(H2,13,14,18). The third-order valence-electron chi connectivity index (χ3n) is 2.45. The third-order valence-corrected chi connectivity index (χ3v) is 2.77. The van der Waals surface area contributed by atoms with E-state index >= 15 is 0 Å². The minimum absolute atomic E-state index is 0.0835. The molecule has 0 spiro atoms. The number of carboxylic acid groups (broad SMARTS) is 1. The normalized spacial score (nSPS) is 13.1. The van der Waals surface area contributed by atoms with E-state index in [1.807, 2.05) is 0 Å². The summed E-state index contributed by atoms with van der Waals surface area (Å²) in [7, 11) is 0. The average Bonchev–Trinajstić information content (AvgIpc) is 2.38. The number of hydrogen-bond donors (Lipinski definition) is 4. The number of nitrogens with zero attached hydrogens (tertiary/aromatic N) is 1. The predicted molar refractivity (Wildman–Crippen MR) is 73.4 cm³/mol. The quantitative estimate of drug-likeness (QED) is 0.475. The molecule has 0 bridgehead atoms. The zero-order chi connectivity index (χ0) is 16.2. The fourth-order valence-corrected chi connectivity index (χ4v) is 1.42. The SMILES string of the molecule is CC(O)(CNC(=O)Nc1ccc(Cl)c([N+](=O)[O-])c1)C(=O)O. The largest absolute Gasteiger partial charge is 0.479 e. The number of amides is 2. The third kappa shape index (κ3) is 4.58. The molecule has 1 aromatic rings. The molecule has 10 heteroatoms. The lowest BCUT2D eigenvalue weighted by molar-refractivity contribution is -0.384. The topological polar surface area (TPSA) is 142 Å². The van der Waals surface area contributed by atoms with E-state index in [-0.39, 0.29) is 16.4 Å². The molecule has 2 amide bonds. The number of rotatable bonds is 5. The molecule has 0 saturated carbocycles. The van der Waals surface area contributed by atoms with Gasteiger partial charge in [0.1, 0.15) is 5.02 Å². The zero-order valence-electron chi connectivity index (χ0n) is 10.8. The van der Waals surface area contributed by atoms with E-state index in [2.05, 4.69) is 10.6 Å². The number of urea groups is 1. The van der Waals surface area contributed by atoms with Crippen LogP contribution < -0.4 is 10.6 Å². The number of aliphatic hydroxyl groups is 1. The lowest BCUT2D eigenvalue weighted by atomic mass is 10.1. The first-order chi connectivity index (χ1) is 9.63. The number of benzene rings is 1. The summed E-state index contributed by atoms with van der Waals surface area (Å²) in [6, 6.07) is 2.80. The number of anilines is 1. The first-order valence-corrected chi connectivity index (χ1v) is 5.96. The van der Waals surface area contributed by atoms with E-state index in [1.54, 1.807) is 0 Å². The molecule has 0 fully saturated rings. The highest BCUT2D eigenvalue weighted by Gasteiger charge is 2.30. The van der Waals surface area contributed by atoms with Crippen LogP contribution in [-0.2, 0) is 4.79 Å². The molecule has 0 aromatic heterocycles. The van der Waals surface area contributed by atoms with Gasteiger partial charge >= 0.3 is 12.0 Å². The number of nitrogens with one attached hydrogen (secondary N) is 2. The molecule has 0 aliphatic heterocycles. The fourth-order valence-electron chi connectivity index (χ4n) is 1.23. The Morgan fingerprint density at radius 3 is 2.62 bits per heavy atom. The van der Waals surface area contributed by atoms with Crippen molar-refractivity contribution in [3.8, 4) is 0 Å². The van der Waals surface area contributed by atoms with Crippen molar-refractivity contribution in [3.63, 3.8) is 0 Å². The Bertz CT molecular complexity index is 589. The zero-order valence-corrected chi connectivity index (χ0v) is 11.5. The van der Waals surface area contributed by atoms with Crippen molar-refractivity contribution in [1.82, 2.24) is 5.32 Å². The number of halogens is 1. The van der Waals surface area contributed by atoms with Crippen molar-refractivity contribution < 1.29 is 24.7 Å². The summed E-state index contributed by atoms with van der Waals surface area (Å²) in [5.41, 5.74) is -2.41. The molecular formula is C11H12ClN3O6. The molecule has 1 aromatic carbocycles. The molecule has 0 aliphatic rings. The number of hydrogen-bond acceptors (Lipinski definition) is 5. The fraction of sp³-hybridized carbons (Fsp3) is 0.273.